The van der Waals surface area contributed by atoms with E-state index < -0.39 is 0 Å². The maximum absolute atomic E-state index is 13.0. The van der Waals surface area contributed by atoms with Crippen LogP contribution in [0.25, 0.3) is 11.3 Å². The van der Waals surface area contributed by atoms with Gasteiger partial charge in [-0.15, -0.1) is 0 Å². The summed E-state index contributed by atoms with van der Waals surface area (Å²) in [6.07, 6.45) is 3.44. The molecule has 0 radical (unpaired) electrons. The minimum atomic E-state index is -0.196. The number of rotatable bonds is 6. The predicted molar refractivity (Wildman–Crippen MR) is 112 cm³/mol. The molecule has 0 aliphatic carbocycles. The van der Waals surface area contributed by atoms with Gasteiger partial charge in [-0.25, -0.2) is 0 Å². The number of nitrogens with one attached hydrogen (secondary N) is 1. The Morgan fingerprint density at radius 3 is 2.52 bits per heavy atom. The number of aromatic nitrogens is 3. The fourth-order valence-electron chi connectivity index (χ4n) is 2.96. The van der Waals surface area contributed by atoms with Gasteiger partial charge in [-0.1, -0.05) is 30.3 Å². The molecule has 0 atom stereocenters. The largest absolute Gasteiger partial charge is 0.497 e. The lowest BCUT2D eigenvalue weighted by molar-refractivity contribution is 0.0948. The fraction of sp³-hybridized carbons (Fsp3) is 0.0870. The summed E-state index contributed by atoms with van der Waals surface area (Å²) < 4.78 is 6.60. The number of anilines is 1. The molecule has 2 aromatic carbocycles. The third-order valence-electron chi connectivity index (χ3n) is 4.51. The molecule has 0 amide bonds. The Hall–Kier alpha value is -3.93. The van der Waals surface area contributed by atoms with Crippen LogP contribution >= 0.6 is 0 Å². The quantitative estimate of drug-likeness (QED) is 0.538. The third-order valence-corrected chi connectivity index (χ3v) is 4.51. The van der Waals surface area contributed by atoms with Gasteiger partial charge in [0.25, 0.3) is 5.91 Å². The van der Waals surface area contributed by atoms with E-state index in [-0.39, 0.29) is 5.91 Å². The Bertz CT molecular complexity index is 1090. The molecule has 0 unspecified atom stereocenters. The van der Waals surface area contributed by atoms with Crippen molar-refractivity contribution in [1.29, 1.82) is 0 Å². The Morgan fingerprint density at radius 2 is 1.83 bits per heavy atom. The molecule has 6 heteroatoms. The molecule has 0 aliphatic rings. The lowest BCUT2D eigenvalue weighted by atomic mass is 10.2. The molecule has 2 heterocycles. The van der Waals surface area contributed by atoms with Crippen molar-refractivity contribution in [2.75, 3.05) is 12.4 Å². The van der Waals surface area contributed by atoms with Gasteiger partial charge in [-0.3, -0.25) is 9.78 Å². The van der Waals surface area contributed by atoms with Crippen molar-refractivity contribution in [2.45, 2.75) is 6.54 Å². The minimum absolute atomic E-state index is 0.196. The second kappa shape index (κ2) is 8.39. The summed E-state index contributed by atoms with van der Waals surface area (Å²) >= 11 is 0. The van der Waals surface area contributed by atoms with Gasteiger partial charge in [0.1, 0.15) is 11.6 Å². The molecule has 0 saturated carbocycles. The molecule has 0 aliphatic heterocycles. The lowest BCUT2D eigenvalue weighted by Gasteiger charge is -2.09. The van der Waals surface area contributed by atoms with Crippen LogP contribution < -0.4 is 10.1 Å². The number of hydrogen-bond donors (Lipinski definition) is 1. The first-order valence-electron chi connectivity index (χ1n) is 9.21. The number of nitrogens with zero attached hydrogens (tertiary/aromatic N) is 3. The first-order valence-corrected chi connectivity index (χ1v) is 9.21. The van der Waals surface area contributed by atoms with E-state index in [0.717, 1.165) is 16.9 Å². The highest BCUT2D eigenvalue weighted by Gasteiger charge is 2.17. The molecular formula is C23H20N4O2. The molecule has 4 aromatic rings. The van der Waals surface area contributed by atoms with E-state index in [2.05, 4.69) is 15.4 Å². The van der Waals surface area contributed by atoms with Crippen LogP contribution in [0.15, 0.2) is 85.2 Å². The van der Waals surface area contributed by atoms with Gasteiger partial charge in [0, 0.05) is 36.1 Å². The topological polar surface area (TPSA) is 69.0 Å². The van der Waals surface area contributed by atoms with Crippen molar-refractivity contribution in [1.82, 2.24) is 14.8 Å². The van der Waals surface area contributed by atoms with Gasteiger partial charge >= 0.3 is 0 Å². The Balaban J connectivity index is 1.65. The average Bonchev–Trinajstić information content (AvgIpc) is 3.23. The summed E-state index contributed by atoms with van der Waals surface area (Å²) in [6, 6.07) is 22.5. The number of carbonyl (C=O) groups is 1. The molecule has 29 heavy (non-hydrogen) atoms. The number of hydrogen-bond acceptors (Lipinski definition) is 5. The fourth-order valence-corrected chi connectivity index (χ4v) is 2.96. The summed E-state index contributed by atoms with van der Waals surface area (Å²) in [5.74, 6) is 1.23. The van der Waals surface area contributed by atoms with Gasteiger partial charge in [0.15, 0.2) is 0 Å². The van der Waals surface area contributed by atoms with Crippen LogP contribution in [-0.2, 0) is 6.54 Å². The average molecular weight is 384 g/mol. The molecule has 6 nitrogen and oxygen atoms in total. The monoisotopic (exact) mass is 384 g/mol. The SMILES string of the molecule is COc1ccc(CNc2cc(-c3cccnc3)nn2C(=O)c2ccccc2)cc1. The molecule has 0 spiro atoms. The molecule has 4 rings (SSSR count). The van der Waals surface area contributed by atoms with Crippen LogP contribution in [0.2, 0.25) is 0 Å². The van der Waals surface area contributed by atoms with Gasteiger partial charge in [-0.2, -0.15) is 9.78 Å². The van der Waals surface area contributed by atoms with Crippen molar-refractivity contribution in [3.05, 3.63) is 96.3 Å². The molecule has 1 N–H and O–H groups in total. The summed E-state index contributed by atoms with van der Waals surface area (Å²) in [7, 11) is 1.64. The van der Waals surface area contributed by atoms with Crippen LogP contribution in [-0.4, -0.2) is 27.8 Å². The highest BCUT2D eigenvalue weighted by atomic mass is 16.5. The third kappa shape index (κ3) is 4.16. The van der Waals surface area contributed by atoms with Crippen LogP contribution in [0.4, 0.5) is 5.82 Å². The molecule has 2 aromatic heterocycles. The van der Waals surface area contributed by atoms with E-state index in [1.807, 2.05) is 60.7 Å². The second-order valence-corrected chi connectivity index (χ2v) is 6.44. The number of pyridine rings is 1. The van der Waals surface area contributed by atoms with E-state index >= 15 is 0 Å². The Kier molecular flexibility index (Phi) is 5.33. The summed E-state index contributed by atoms with van der Waals surface area (Å²) in [6.45, 7) is 0.546. The number of ether oxygens (including phenoxy) is 1. The molecule has 0 fully saturated rings. The smallest absolute Gasteiger partial charge is 0.280 e. The number of carbonyl (C=O) groups excluding carboxylic acids is 1. The van der Waals surface area contributed by atoms with Crippen molar-refractivity contribution in [3.63, 3.8) is 0 Å². The highest BCUT2D eigenvalue weighted by molar-refractivity contribution is 5.97. The van der Waals surface area contributed by atoms with Gasteiger partial charge in [-0.05, 0) is 42.0 Å². The zero-order chi connectivity index (χ0) is 20.1. The molecule has 0 saturated heterocycles. The second-order valence-electron chi connectivity index (χ2n) is 6.44. The van der Waals surface area contributed by atoms with E-state index in [9.17, 15) is 4.79 Å². The van der Waals surface area contributed by atoms with Crippen LogP contribution in [0.1, 0.15) is 15.9 Å². The van der Waals surface area contributed by atoms with Crippen LogP contribution in [0.5, 0.6) is 5.75 Å². The zero-order valence-corrected chi connectivity index (χ0v) is 15.9. The molecule has 0 bridgehead atoms. The van der Waals surface area contributed by atoms with Crippen molar-refractivity contribution < 1.29 is 9.53 Å². The summed E-state index contributed by atoms with van der Waals surface area (Å²) in [4.78, 5) is 17.2. The molecular weight excluding hydrogens is 364 g/mol. The number of methoxy groups -OCH3 is 1. The first kappa shape index (κ1) is 18.4. The highest BCUT2D eigenvalue weighted by Crippen LogP contribution is 2.23. The van der Waals surface area contributed by atoms with Gasteiger partial charge in [0.05, 0.1) is 12.8 Å². The Labute approximate surface area is 168 Å². The maximum Gasteiger partial charge on any atom is 0.280 e. The van der Waals surface area contributed by atoms with E-state index in [1.54, 1.807) is 31.6 Å². The normalized spacial score (nSPS) is 10.5. The lowest BCUT2D eigenvalue weighted by Crippen LogP contribution is -2.17. The Morgan fingerprint density at radius 1 is 1.03 bits per heavy atom. The van der Waals surface area contributed by atoms with Crippen LogP contribution in [0, 0.1) is 0 Å². The van der Waals surface area contributed by atoms with Gasteiger partial charge < -0.3 is 10.1 Å². The number of benzene rings is 2. The maximum atomic E-state index is 13.0. The van der Waals surface area contributed by atoms with Crippen molar-refractivity contribution >= 4 is 11.7 Å². The van der Waals surface area contributed by atoms with E-state index in [1.165, 1.54) is 4.68 Å². The van der Waals surface area contributed by atoms with E-state index in [4.69, 9.17) is 4.74 Å². The summed E-state index contributed by atoms with van der Waals surface area (Å²) in [5.41, 5.74) is 3.16. The van der Waals surface area contributed by atoms with Crippen molar-refractivity contribution in [3.8, 4) is 17.0 Å². The van der Waals surface area contributed by atoms with E-state index in [0.29, 0.717) is 23.6 Å². The first-order chi connectivity index (χ1) is 14.2. The summed E-state index contributed by atoms with van der Waals surface area (Å²) in [5, 5.41) is 7.87. The van der Waals surface area contributed by atoms with Crippen LogP contribution in [0.3, 0.4) is 0 Å². The minimum Gasteiger partial charge on any atom is -0.497 e. The predicted octanol–water partition coefficient (Wildman–Crippen LogP) is 4.25. The molecule has 144 valence electrons. The zero-order valence-electron chi connectivity index (χ0n) is 15.9. The standard InChI is InChI=1S/C23H20N4O2/c1-29-20-11-9-17(10-12-20)15-25-22-14-21(19-8-5-13-24-16-19)26-27(22)23(28)18-6-3-2-4-7-18/h2-14,16,25H,15H2,1H3. The van der Waals surface area contributed by atoms with Crippen molar-refractivity contribution in [2.24, 2.45) is 0 Å². The van der Waals surface area contributed by atoms with Gasteiger partial charge in [0.2, 0.25) is 0 Å².